The number of rotatable bonds is 6. The van der Waals surface area contributed by atoms with Crippen molar-refractivity contribution < 1.29 is 14.3 Å². The van der Waals surface area contributed by atoms with Gasteiger partial charge < -0.3 is 20.1 Å². The number of ether oxygens (including phenoxy) is 2. The highest BCUT2D eigenvalue weighted by atomic mass is 16.6. The average molecular weight is 321 g/mol. The SMILES string of the molecule is CC(C)(C)OC(=O)NCCCCN[C@H]1CCOc2cccnc21. The van der Waals surface area contributed by atoms with E-state index in [0.717, 1.165) is 43.9 Å². The Morgan fingerprint density at radius 1 is 1.39 bits per heavy atom. The number of hydrogen-bond donors (Lipinski definition) is 2. The van der Waals surface area contributed by atoms with Crippen molar-refractivity contribution in [2.75, 3.05) is 19.7 Å². The van der Waals surface area contributed by atoms with E-state index in [1.807, 2.05) is 32.9 Å². The Bertz CT molecular complexity index is 514. The smallest absolute Gasteiger partial charge is 0.407 e. The number of unbranched alkanes of at least 4 members (excludes halogenated alkanes) is 1. The van der Waals surface area contributed by atoms with Gasteiger partial charge in [-0.05, 0) is 52.3 Å². The summed E-state index contributed by atoms with van der Waals surface area (Å²) in [6, 6.07) is 4.10. The van der Waals surface area contributed by atoms with Gasteiger partial charge in [0.05, 0.1) is 18.3 Å². The summed E-state index contributed by atoms with van der Waals surface area (Å²) in [6.45, 7) is 7.80. The molecular weight excluding hydrogens is 294 g/mol. The first-order valence-electron chi connectivity index (χ1n) is 8.24. The predicted molar refractivity (Wildman–Crippen MR) is 88.6 cm³/mol. The molecule has 128 valence electrons. The first kappa shape index (κ1) is 17.5. The maximum Gasteiger partial charge on any atom is 0.407 e. The van der Waals surface area contributed by atoms with Crippen LogP contribution in [0.5, 0.6) is 5.75 Å². The topological polar surface area (TPSA) is 72.5 Å². The molecule has 1 atom stereocenters. The Labute approximate surface area is 138 Å². The lowest BCUT2D eigenvalue weighted by Crippen LogP contribution is -2.33. The maximum atomic E-state index is 11.5. The van der Waals surface area contributed by atoms with E-state index >= 15 is 0 Å². The van der Waals surface area contributed by atoms with Crippen molar-refractivity contribution in [1.29, 1.82) is 0 Å². The molecule has 0 fully saturated rings. The maximum absolute atomic E-state index is 11.5. The molecule has 0 aliphatic carbocycles. The normalized spacial score (nSPS) is 17.1. The lowest BCUT2D eigenvalue weighted by Gasteiger charge is -2.25. The largest absolute Gasteiger partial charge is 0.492 e. The summed E-state index contributed by atoms with van der Waals surface area (Å²) in [5, 5.41) is 6.29. The minimum Gasteiger partial charge on any atom is -0.492 e. The molecule has 0 bridgehead atoms. The van der Waals surface area contributed by atoms with Crippen LogP contribution in [0.2, 0.25) is 0 Å². The molecule has 23 heavy (non-hydrogen) atoms. The zero-order valence-corrected chi connectivity index (χ0v) is 14.2. The fourth-order valence-corrected chi connectivity index (χ4v) is 2.44. The molecule has 0 unspecified atom stereocenters. The van der Waals surface area contributed by atoms with Crippen LogP contribution >= 0.6 is 0 Å². The van der Waals surface area contributed by atoms with E-state index in [2.05, 4.69) is 15.6 Å². The van der Waals surface area contributed by atoms with E-state index in [9.17, 15) is 4.79 Å². The number of amides is 1. The van der Waals surface area contributed by atoms with Gasteiger partial charge in [0, 0.05) is 19.2 Å². The molecule has 2 N–H and O–H groups in total. The lowest BCUT2D eigenvalue weighted by atomic mass is 10.1. The standard InChI is InChI=1S/C17H27N3O3/c1-17(2,3)23-16(21)20-10-5-4-9-18-13-8-12-22-14-7-6-11-19-15(13)14/h6-7,11,13,18H,4-5,8-10,12H2,1-3H3,(H,20,21)/t13-/m0/s1. The van der Waals surface area contributed by atoms with Crippen molar-refractivity contribution >= 4 is 6.09 Å². The van der Waals surface area contributed by atoms with Crippen LogP contribution in [0.4, 0.5) is 4.79 Å². The zero-order chi connectivity index (χ0) is 16.7. The van der Waals surface area contributed by atoms with Gasteiger partial charge in [0.2, 0.25) is 0 Å². The number of pyridine rings is 1. The summed E-state index contributed by atoms with van der Waals surface area (Å²) in [5.74, 6) is 0.878. The van der Waals surface area contributed by atoms with Gasteiger partial charge in [0.15, 0.2) is 0 Å². The molecule has 0 saturated carbocycles. The van der Waals surface area contributed by atoms with Crippen LogP contribution in [0.1, 0.15) is 51.8 Å². The summed E-state index contributed by atoms with van der Waals surface area (Å²) in [5.41, 5.74) is 0.542. The zero-order valence-electron chi connectivity index (χ0n) is 14.2. The Morgan fingerprint density at radius 3 is 2.96 bits per heavy atom. The number of carbonyl (C=O) groups excluding carboxylic acids is 1. The molecule has 1 aromatic heterocycles. The Hall–Kier alpha value is -1.82. The van der Waals surface area contributed by atoms with E-state index in [-0.39, 0.29) is 12.1 Å². The molecule has 2 rings (SSSR count). The van der Waals surface area contributed by atoms with Crippen molar-refractivity contribution in [2.45, 2.75) is 51.7 Å². The molecule has 0 saturated heterocycles. The van der Waals surface area contributed by atoms with Gasteiger partial charge in [-0.3, -0.25) is 4.98 Å². The van der Waals surface area contributed by atoms with Crippen LogP contribution in [0, 0.1) is 0 Å². The minimum absolute atomic E-state index is 0.249. The summed E-state index contributed by atoms with van der Waals surface area (Å²) in [7, 11) is 0. The fraction of sp³-hybridized carbons (Fsp3) is 0.647. The fourth-order valence-electron chi connectivity index (χ4n) is 2.44. The second-order valence-corrected chi connectivity index (χ2v) is 6.67. The molecule has 0 radical (unpaired) electrons. The summed E-state index contributed by atoms with van der Waals surface area (Å²) in [6.07, 6.45) is 4.26. The van der Waals surface area contributed by atoms with Crippen LogP contribution < -0.4 is 15.4 Å². The van der Waals surface area contributed by atoms with Crippen molar-refractivity contribution in [3.63, 3.8) is 0 Å². The van der Waals surface area contributed by atoms with Crippen molar-refractivity contribution in [1.82, 2.24) is 15.6 Å². The molecule has 0 aromatic carbocycles. The first-order chi connectivity index (χ1) is 11.0. The molecule has 1 aromatic rings. The number of carbonyl (C=O) groups is 1. The average Bonchev–Trinajstić information content (AvgIpc) is 2.49. The van der Waals surface area contributed by atoms with Gasteiger partial charge in [-0.1, -0.05) is 0 Å². The van der Waals surface area contributed by atoms with E-state index < -0.39 is 5.60 Å². The van der Waals surface area contributed by atoms with Crippen molar-refractivity contribution in [2.24, 2.45) is 0 Å². The van der Waals surface area contributed by atoms with Gasteiger partial charge in [-0.2, -0.15) is 0 Å². The van der Waals surface area contributed by atoms with Crippen molar-refractivity contribution in [3.05, 3.63) is 24.0 Å². The highest BCUT2D eigenvalue weighted by Gasteiger charge is 2.21. The number of hydrogen-bond acceptors (Lipinski definition) is 5. The number of nitrogens with one attached hydrogen (secondary N) is 2. The van der Waals surface area contributed by atoms with Crippen LogP contribution in [-0.4, -0.2) is 36.4 Å². The molecule has 1 aliphatic heterocycles. The van der Waals surface area contributed by atoms with E-state index in [4.69, 9.17) is 9.47 Å². The van der Waals surface area contributed by atoms with E-state index in [1.54, 1.807) is 6.20 Å². The highest BCUT2D eigenvalue weighted by molar-refractivity contribution is 5.67. The third kappa shape index (κ3) is 6.06. The van der Waals surface area contributed by atoms with Crippen LogP contribution in [-0.2, 0) is 4.74 Å². The number of aromatic nitrogens is 1. The molecule has 1 aliphatic rings. The summed E-state index contributed by atoms with van der Waals surface area (Å²) in [4.78, 5) is 15.9. The number of nitrogens with zero attached hydrogens (tertiary/aromatic N) is 1. The molecule has 2 heterocycles. The van der Waals surface area contributed by atoms with Crippen LogP contribution in [0.25, 0.3) is 0 Å². The Morgan fingerprint density at radius 2 is 2.17 bits per heavy atom. The first-order valence-corrected chi connectivity index (χ1v) is 8.24. The van der Waals surface area contributed by atoms with Gasteiger partial charge >= 0.3 is 6.09 Å². The van der Waals surface area contributed by atoms with Crippen molar-refractivity contribution in [3.8, 4) is 5.75 Å². The molecule has 6 heteroatoms. The van der Waals surface area contributed by atoms with Gasteiger partial charge in [0.1, 0.15) is 11.4 Å². The molecule has 1 amide bonds. The second-order valence-electron chi connectivity index (χ2n) is 6.67. The monoisotopic (exact) mass is 321 g/mol. The second kappa shape index (κ2) is 8.15. The van der Waals surface area contributed by atoms with Crippen LogP contribution in [0.15, 0.2) is 18.3 Å². The van der Waals surface area contributed by atoms with Gasteiger partial charge in [-0.25, -0.2) is 4.79 Å². The van der Waals surface area contributed by atoms with Crippen LogP contribution in [0.3, 0.4) is 0 Å². The summed E-state index contributed by atoms with van der Waals surface area (Å²) >= 11 is 0. The minimum atomic E-state index is -0.449. The third-order valence-electron chi connectivity index (χ3n) is 3.46. The number of fused-ring (bicyclic) bond motifs is 1. The van der Waals surface area contributed by atoms with E-state index in [1.165, 1.54) is 0 Å². The number of alkyl carbamates (subject to hydrolysis) is 1. The quantitative estimate of drug-likeness (QED) is 0.788. The highest BCUT2D eigenvalue weighted by Crippen LogP contribution is 2.29. The molecular formula is C17H27N3O3. The summed E-state index contributed by atoms with van der Waals surface area (Å²) < 4.78 is 10.8. The molecule has 6 nitrogen and oxygen atoms in total. The Kier molecular flexibility index (Phi) is 6.21. The third-order valence-corrected chi connectivity index (χ3v) is 3.46. The predicted octanol–water partition coefficient (Wildman–Crippen LogP) is 2.80. The lowest BCUT2D eigenvalue weighted by molar-refractivity contribution is 0.0527. The molecule has 0 spiro atoms. The van der Waals surface area contributed by atoms with Gasteiger partial charge in [-0.15, -0.1) is 0 Å². The Balaban J connectivity index is 1.61. The van der Waals surface area contributed by atoms with Gasteiger partial charge in [0.25, 0.3) is 0 Å². The van der Waals surface area contributed by atoms with E-state index in [0.29, 0.717) is 6.54 Å².